The first-order valence-corrected chi connectivity index (χ1v) is 10.2. The van der Waals surface area contributed by atoms with Crippen molar-refractivity contribution >= 4 is 40.7 Å². The van der Waals surface area contributed by atoms with Crippen molar-refractivity contribution in [2.24, 2.45) is 5.73 Å². The minimum absolute atomic E-state index is 0.0822. The maximum Gasteiger partial charge on any atom is 0.279 e. The van der Waals surface area contributed by atoms with Crippen LogP contribution in [0.3, 0.4) is 0 Å². The summed E-state index contributed by atoms with van der Waals surface area (Å²) in [5.41, 5.74) is 5.33. The Morgan fingerprint density at radius 3 is 2.52 bits per heavy atom. The van der Waals surface area contributed by atoms with Gasteiger partial charge in [0, 0.05) is 18.8 Å². The fourth-order valence-electron chi connectivity index (χ4n) is 3.03. The maximum atomic E-state index is 14.9. The van der Waals surface area contributed by atoms with E-state index in [4.69, 9.17) is 17.3 Å². The number of anilines is 2. The molecule has 1 heterocycles. The smallest absolute Gasteiger partial charge is 0.279 e. The molecule has 0 bridgehead atoms. The largest absolute Gasteiger partial charge is 0.364 e. The van der Waals surface area contributed by atoms with Gasteiger partial charge in [-0.15, -0.1) is 0 Å². The van der Waals surface area contributed by atoms with E-state index in [9.17, 15) is 18.8 Å². The average molecular weight is 473 g/mol. The second-order valence-electron chi connectivity index (χ2n) is 7.35. The van der Waals surface area contributed by atoms with E-state index in [0.29, 0.717) is 6.54 Å². The van der Waals surface area contributed by atoms with E-state index in [1.807, 2.05) is 19.0 Å². The molecule has 11 heteroatoms. The third-order valence-corrected chi connectivity index (χ3v) is 5.06. The number of hydrogen-bond acceptors (Lipinski definition) is 5. The van der Waals surface area contributed by atoms with Crippen molar-refractivity contribution in [1.29, 1.82) is 0 Å². The summed E-state index contributed by atoms with van der Waals surface area (Å²) >= 11 is 6.03. The summed E-state index contributed by atoms with van der Waals surface area (Å²) in [5, 5.41) is 2.71. The van der Waals surface area contributed by atoms with Crippen LogP contribution in [0.1, 0.15) is 31.3 Å². The molecular formula is C22H22ClFN6O3. The molecule has 3 amide bonds. The molecule has 0 aliphatic rings. The number of H-pyrrole nitrogens is 1. The van der Waals surface area contributed by atoms with Crippen molar-refractivity contribution in [2.75, 3.05) is 37.4 Å². The SMILES string of the molecule is CN(C)CCN(C(=O)c1nc[nH]c1C(N)=O)c1ccc(NC(=O)c2ccccc2Cl)c(F)c1. The number of nitrogens with two attached hydrogens (primary N) is 1. The predicted molar refractivity (Wildman–Crippen MR) is 123 cm³/mol. The van der Waals surface area contributed by atoms with Gasteiger partial charge in [0.2, 0.25) is 0 Å². The molecule has 0 unspecified atom stereocenters. The van der Waals surface area contributed by atoms with Gasteiger partial charge in [-0.05, 0) is 44.4 Å². The molecule has 9 nitrogen and oxygen atoms in total. The average Bonchev–Trinajstić information content (AvgIpc) is 3.26. The zero-order chi connectivity index (χ0) is 24.1. The van der Waals surface area contributed by atoms with Gasteiger partial charge in [-0.3, -0.25) is 14.4 Å². The molecule has 0 saturated heterocycles. The zero-order valence-electron chi connectivity index (χ0n) is 17.9. The standard InChI is InChI=1S/C22H22ClFN6O3/c1-29(2)9-10-30(22(33)19-18(20(25)31)26-12-27-19)13-7-8-17(16(24)11-13)28-21(32)14-5-3-4-6-15(14)23/h3-8,11-12H,9-10H2,1-2H3,(H2,25,31)(H,26,27)(H,28,32). The number of halogens is 2. The fourth-order valence-corrected chi connectivity index (χ4v) is 3.25. The number of imidazole rings is 1. The summed E-state index contributed by atoms with van der Waals surface area (Å²) in [6.45, 7) is 0.635. The number of nitrogens with one attached hydrogen (secondary N) is 2. The van der Waals surface area contributed by atoms with Crippen LogP contribution in [0.25, 0.3) is 0 Å². The number of carbonyl (C=O) groups is 3. The van der Waals surface area contributed by atoms with E-state index in [2.05, 4.69) is 15.3 Å². The number of hydrogen-bond donors (Lipinski definition) is 3. The first-order chi connectivity index (χ1) is 15.7. The first-order valence-electron chi connectivity index (χ1n) is 9.84. The van der Waals surface area contributed by atoms with Crippen LogP contribution >= 0.6 is 11.6 Å². The van der Waals surface area contributed by atoms with Gasteiger partial charge in [-0.1, -0.05) is 23.7 Å². The lowest BCUT2D eigenvalue weighted by molar-refractivity contribution is 0.0954. The third kappa shape index (κ3) is 5.54. The molecule has 0 saturated carbocycles. The van der Waals surface area contributed by atoms with Crippen molar-refractivity contribution in [1.82, 2.24) is 14.9 Å². The van der Waals surface area contributed by atoms with Gasteiger partial charge in [-0.25, -0.2) is 9.37 Å². The number of aromatic nitrogens is 2. The first kappa shape index (κ1) is 23.9. The topological polar surface area (TPSA) is 124 Å². The number of aromatic amines is 1. The molecule has 0 spiro atoms. The fraction of sp³-hybridized carbons (Fsp3) is 0.182. The summed E-state index contributed by atoms with van der Waals surface area (Å²) in [7, 11) is 3.64. The molecule has 0 radical (unpaired) electrons. The molecule has 0 fully saturated rings. The molecule has 172 valence electrons. The van der Waals surface area contributed by atoms with Gasteiger partial charge in [0.25, 0.3) is 17.7 Å². The van der Waals surface area contributed by atoms with Crippen LogP contribution in [-0.4, -0.2) is 59.8 Å². The molecular weight excluding hydrogens is 451 g/mol. The summed E-state index contributed by atoms with van der Waals surface area (Å²) in [6, 6.07) is 10.3. The predicted octanol–water partition coefficient (Wildman–Crippen LogP) is 2.76. The van der Waals surface area contributed by atoms with Crippen molar-refractivity contribution in [3.8, 4) is 0 Å². The van der Waals surface area contributed by atoms with Gasteiger partial charge >= 0.3 is 0 Å². The molecule has 0 atom stereocenters. The molecule has 2 aromatic carbocycles. The second-order valence-corrected chi connectivity index (χ2v) is 7.76. The van der Waals surface area contributed by atoms with E-state index < -0.39 is 23.5 Å². The molecule has 3 rings (SSSR count). The lowest BCUT2D eigenvalue weighted by Gasteiger charge is -2.24. The highest BCUT2D eigenvalue weighted by molar-refractivity contribution is 6.34. The Hall–Kier alpha value is -3.76. The molecule has 0 aliphatic heterocycles. The van der Waals surface area contributed by atoms with E-state index in [0.717, 1.165) is 6.07 Å². The Morgan fingerprint density at radius 1 is 1.15 bits per heavy atom. The highest BCUT2D eigenvalue weighted by atomic mass is 35.5. The van der Waals surface area contributed by atoms with Crippen molar-refractivity contribution in [3.05, 3.63) is 76.6 Å². The van der Waals surface area contributed by atoms with Crippen LogP contribution in [0, 0.1) is 5.82 Å². The second kappa shape index (κ2) is 10.2. The van der Waals surface area contributed by atoms with Gasteiger partial charge in [0.05, 0.1) is 22.6 Å². The van der Waals surface area contributed by atoms with Crippen LogP contribution in [0.2, 0.25) is 5.02 Å². The van der Waals surface area contributed by atoms with E-state index in [-0.39, 0.29) is 39.9 Å². The van der Waals surface area contributed by atoms with Crippen LogP contribution in [0.15, 0.2) is 48.8 Å². The number of nitrogens with zero attached hydrogens (tertiary/aromatic N) is 3. The van der Waals surface area contributed by atoms with Crippen molar-refractivity contribution in [3.63, 3.8) is 0 Å². The Morgan fingerprint density at radius 2 is 1.88 bits per heavy atom. The number of rotatable bonds is 8. The molecule has 33 heavy (non-hydrogen) atoms. The summed E-state index contributed by atoms with van der Waals surface area (Å²) in [6.07, 6.45) is 1.19. The summed E-state index contributed by atoms with van der Waals surface area (Å²) < 4.78 is 14.9. The molecule has 3 aromatic rings. The minimum Gasteiger partial charge on any atom is -0.364 e. The van der Waals surface area contributed by atoms with Crippen molar-refractivity contribution < 1.29 is 18.8 Å². The van der Waals surface area contributed by atoms with E-state index >= 15 is 0 Å². The lowest BCUT2D eigenvalue weighted by atomic mass is 10.2. The van der Waals surface area contributed by atoms with Crippen LogP contribution in [-0.2, 0) is 0 Å². The number of primary amides is 1. The molecule has 4 N–H and O–H groups in total. The summed E-state index contributed by atoms with van der Waals surface area (Å²) in [5.74, 6) is -2.80. The number of amides is 3. The quantitative estimate of drug-likeness (QED) is 0.465. The van der Waals surface area contributed by atoms with Gasteiger partial charge in [0.1, 0.15) is 11.5 Å². The zero-order valence-corrected chi connectivity index (χ0v) is 18.7. The summed E-state index contributed by atoms with van der Waals surface area (Å²) in [4.78, 5) is 46.8. The van der Waals surface area contributed by atoms with Gasteiger partial charge in [-0.2, -0.15) is 0 Å². The highest BCUT2D eigenvalue weighted by Gasteiger charge is 2.26. The number of likely N-dealkylation sites (N-methyl/N-ethyl adjacent to an activating group) is 1. The van der Waals surface area contributed by atoms with Crippen LogP contribution in [0.5, 0.6) is 0 Å². The monoisotopic (exact) mass is 472 g/mol. The van der Waals surface area contributed by atoms with E-state index in [1.54, 1.807) is 18.2 Å². The van der Waals surface area contributed by atoms with Crippen molar-refractivity contribution in [2.45, 2.75) is 0 Å². The maximum absolute atomic E-state index is 14.9. The highest BCUT2D eigenvalue weighted by Crippen LogP contribution is 2.25. The normalized spacial score (nSPS) is 10.8. The molecule has 1 aromatic heterocycles. The number of benzene rings is 2. The third-order valence-electron chi connectivity index (χ3n) is 4.74. The molecule has 0 aliphatic carbocycles. The number of carbonyl (C=O) groups excluding carboxylic acids is 3. The minimum atomic E-state index is -0.841. The Bertz CT molecular complexity index is 1200. The van der Waals surface area contributed by atoms with Crippen LogP contribution < -0.4 is 16.0 Å². The Kier molecular flexibility index (Phi) is 7.41. The van der Waals surface area contributed by atoms with Gasteiger partial charge in [0.15, 0.2) is 5.69 Å². The lowest BCUT2D eigenvalue weighted by Crippen LogP contribution is -2.38. The van der Waals surface area contributed by atoms with Crippen LogP contribution in [0.4, 0.5) is 15.8 Å². The van der Waals surface area contributed by atoms with Gasteiger partial charge < -0.3 is 25.8 Å². The van der Waals surface area contributed by atoms with E-state index in [1.165, 1.54) is 29.4 Å². The Labute approximate surface area is 194 Å². The Balaban J connectivity index is 1.90.